The Morgan fingerprint density at radius 3 is 2.46 bits per heavy atom. The summed E-state index contributed by atoms with van der Waals surface area (Å²) >= 11 is 1.59. The van der Waals surface area contributed by atoms with Gasteiger partial charge in [0, 0.05) is 10.4 Å². The first-order chi connectivity index (χ1) is 11.3. The van der Waals surface area contributed by atoms with Gasteiger partial charge in [-0.2, -0.15) is 0 Å². The van der Waals surface area contributed by atoms with Crippen LogP contribution in [-0.2, 0) is 11.0 Å². The monoisotopic (exact) mass is 363 g/mol. The lowest BCUT2D eigenvalue weighted by Gasteiger charge is -2.03. The molecule has 2 aromatic heterocycles. The zero-order chi connectivity index (χ0) is 17.3. The molecule has 0 bridgehead atoms. The Bertz CT molecular complexity index is 879. The second-order valence-corrected chi connectivity index (χ2v) is 8.55. The molecule has 7 heteroatoms. The van der Waals surface area contributed by atoms with Gasteiger partial charge in [-0.05, 0) is 24.5 Å². The molecule has 0 aliphatic heterocycles. The van der Waals surface area contributed by atoms with Crippen LogP contribution in [-0.4, -0.2) is 14.8 Å². The van der Waals surface area contributed by atoms with E-state index in [1.807, 2.05) is 30.3 Å². The lowest BCUT2D eigenvalue weighted by molar-refractivity contribution is 0.377. The highest BCUT2D eigenvalue weighted by molar-refractivity contribution is 7.59. The molecule has 0 saturated carbocycles. The number of nitrogens with zero attached hydrogens (tertiary/aromatic N) is 1. The highest BCUT2D eigenvalue weighted by Crippen LogP contribution is 2.39. The molecular formula is C17H18NO4PS. The van der Waals surface area contributed by atoms with Crippen molar-refractivity contribution in [3.8, 4) is 22.0 Å². The average molecular weight is 363 g/mol. The van der Waals surface area contributed by atoms with E-state index in [2.05, 4.69) is 18.8 Å². The number of rotatable bonds is 5. The molecule has 5 nitrogen and oxygen atoms in total. The summed E-state index contributed by atoms with van der Waals surface area (Å²) < 4.78 is 16.7. The molecule has 126 valence electrons. The number of thiazole rings is 1. The van der Waals surface area contributed by atoms with Crippen molar-refractivity contribution in [2.75, 3.05) is 0 Å². The van der Waals surface area contributed by atoms with E-state index >= 15 is 0 Å². The third-order valence-corrected chi connectivity index (χ3v) is 5.37. The first-order valence-corrected chi connectivity index (χ1v) is 9.99. The zero-order valence-electron chi connectivity index (χ0n) is 13.3. The van der Waals surface area contributed by atoms with E-state index in [4.69, 9.17) is 4.42 Å². The van der Waals surface area contributed by atoms with Crippen LogP contribution in [0.4, 0.5) is 0 Å². The summed E-state index contributed by atoms with van der Waals surface area (Å²) in [4.78, 5) is 24.2. The average Bonchev–Trinajstić information content (AvgIpc) is 3.13. The third kappa shape index (κ3) is 3.68. The van der Waals surface area contributed by atoms with Crippen molar-refractivity contribution in [1.29, 1.82) is 0 Å². The van der Waals surface area contributed by atoms with Crippen LogP contribution < -0.4 is 5.50 Å². The van der Waals surface area contributed by atoms with Crippen LogP contribution in [0, 0.1) is 5.92 Å². The minimum Gasteiger partial charge on any atom is -0.446 e. The maximum atomic E-state index is 11.3. The number of hydrogen-bond donors (Lipinski definition) is 2. The first kappa shape index (κ1) is 17.1. The van der Waals surface area contributed by atoms with Gasteiger partial charge in [0.25, 0.3) is 0 Å². The fourth-order valence-electron chi connectivity index (χ4n) is 2.37. The van der Waals surface area contributed by atoms with E-state index in [0.717, 1.165) is 21.9 Å². The van der Waals surface area contributed by atoms with Crippen molar-refractivity contribution >= 4 is 24.4 Å². The van der Waals surface area contributed by atoms with E-state index in [9.17, 15) is 14.4 Å². The normalized spacial score (nSPS) is 12.0. The Labute approximate surface area is 144 Å². The van der Waals surface area contributed by atoms with Crippen LogP contribution in [0.3, 0.4) is 0 Å². The van der Waals surface area contributed by atoms with Gasteiger partial charge in [-0.15, -0.1) is 11.3 Å². The number of benzene rings is 1. The molecule has 0 spiro atoms. The molecule has 2 heterocycles. The molecule has 1 aromatic carbocycles. The lowest BCUT2D eigenvalue weighted by atomic mass is 10.1. The molecule has 0 saturated heterocycles. The second-order valence-electron chi connectivity index (χ2n) is 5.94. The highest BCUT2D eigenvalue weighted by atomic mass is 32.1. The van der Waals surface area contributed by atoms with Gasteiger partial charge in [-0.3, -0.25) is 4.57 Å². The van der Waals surface area contributed by atoms with Crippen molar-refractivity contribution in [1.82, 2.24) is 4.98 Å². The van der Waals surface area contributed by atoms with Gasteiger partial charge >= 0.3 is 7.60 Å². The highest BCUT2D eigenvalue weighted by Gasteiger charge is 2.24. The largest absolute Gasteiger partial charge is 0.446 e. The van der Waals surface area contributed by atoms with Crippen LogP contribution >= 0.6 is 18.9 Å². The van der Waals surface area contributed by atoms with Crippen LogP contribution in [0.15, 0.2) is 46.9 Å². The number of hydrogen-bond acceptors (Lipinski definition) is 4. The van der Waals surface area contributed by atoms with Gasteiger partial charge < -0.3 is 14.2 Å². The lowest BCUT2D eigenvalue weighted by Crippen LogP contribution is -1.98. The van der Waals surface area contributed by atoms with Crippen molar-refractivity contribution in [2.45, 2.75) is 20.3 Å². The first-order valence-electron chi connectivity index (χ1n) is 7.56. The number of aromatic nitrogens is 1. The summed E-state index contributed by atoms with van der Waals surface area (Å²) in [6, 6.07) is 12.7. The quantitative estimate of drug-likeness (QED) is 0.668. The Hall–Kier alpha value is -1.72. The van der Waals surface area contributed by atoms with Gasteiger partial charge in [0.15, 0.2) is 5.76 Å². The summed E-state index contributed by atoms with van der Waals surface area (Å²) in [5, 5.41) is 0.871. The molecule has 3 rings (SSSR count). The topological polar surface area (TPSA) is 83.6 Å². The molecular weight excluding hydrogens is 345 g/mol. The molecule has 0 aliphatic carbocycles. The Kier molecular flexibility index (Phi) is 4.74. The van der Waals surface area contributed by atoms with Gasteiger partial charge in [0.05, 0.1) is 0 Å². The molecule has 0 fully saturated rings. The van der Waals surface area contributed by atoms with Crippen LogP contribution in [0.25, 0.3) is 22.0 Å². The Morgan fingerprint density at radius 2 is 1.88 bits per heavy atom. The fraction of sp³-hybridized carbons (Fsp3) is 0.235. The summed E-state index contributed by atoms with van der Waals surface area (Å²) in [5.74, 6) is 0.825. The zero-order valence-corrected chi connectivity index (χ0v) is 15.1. The molecule has 2 N–H and O–H groups in total. The maximum absolute atomic E-state index is 11.3. The summed E-state index contributed by atoms with van der Waals surface area (Å²) in [6.07, 6.45) is 0.825. The van der Waals surface area contributed by atoms with E-state index in [-0.39, 0.29) is 5.50 Å². The summed E-state index contributed by atoms with van der Waals surface area (Å²) in [7, 11) is -4.40. The van der Waals surface area contributed by atoms with Gasteiger partial charge in [-0.1, -0.05) is 44.2 Å². The van der Waals surface area contributed by atoms with Crippen molar-refractivity contribution < 1.29 is 18.8 Å². The molecule has 0 unspecified atom stereocenters. The molecule has 0 aliphatic rings. The molecule has 0 radical (unpaired) electrons. The van der Waals surface area contributed by atoms with E-state index in [1.165, 1.54) is 6.07 Å². The minimum atomic E-state index is -4.40. The Morgan fingerprint density at radius 1 is 1.17 bits per heavy atom. The van der Waals surface area contributed by atoms with Crippen molar-refractivity contribution in [2.24, 2.45) is 5.92 Å². The van der Waals surface area contributed by atoms with Gasteiger partial charge in [0.1, 0.15) is 10.7 Å². The van der Waals surface area contributed by atoms with Gasteiger partial charge in [-0.25, -0.2) is 4.98 Å². The summed E-state index contributed by atoms with van der Waals surface area (Å²) in [5.41, 5.74) is 1.34. The predicted octanol–water partition coefficient (Wildman–Crippen LogP) is 4.07. The SMILES string of the molecule is CC(C)Cc1sc(-c2ccccc2)nc1-c1ccc(P(=O)(O)O)o1. The van der Waals surface area contributed by atoms with Crippen molar-refractivity contribution in [3.05, 3.63) is 47.3 Å². The maximum Gasteiger partial charge on any atom is 0.391 e. The summed E-state index contributed by atoms with van der Waals surface area (Å²) in [6.45, 7) is 4.24. The van der Waals surface area contributed by atoms with Crippen LogP contribution in [0.5, 0.6) is 0 Å². The predicted molar refractivity (Wildman–Crippen MR) is 95.5 cm³/mol. The van der Waals surface area contributed by atoms with E-state index in [0.29, 0.717) is 17.4 Å². The van der Waals surface area contributed by atoms with Crippen LogP contribution in [0.2, 0.25) is 0 Å². The second kappa shape index (κ2) is 6.65. The molecule has 24 heavy (non-hydrogen) atoms. The third-order valence-electron chi connectivity index (χ3n) is 3.42. The molecule has 0 amide bonds. The smallest absolute Gasteiger partial charge is 0.391 e. The Balaban J connectivity index is 2.07. The van der Waals surface area contributed by atoms with Crippen molar-refractivity contribution in [3.63, 3.8) is 0 Å². The molecule has 3 aromatic rings. The standard InChI is InChI=1S/C17H18NO4PS/c1-11(2)10-14-16(13-8-9-15(22-13)23(19,20)21)18-17(24-14)12-6-4-3-5-7-12/h3-9,11H,10H2,1-2H3,(H2,19,20,21). The minimum absolute atomic E-state index is 0.331. The molecule has 0 atom stereocenters. The van der Waals surface area contributed by atoms with E-state index in [1.54, 1.807) is 17.4 Å². The van der Waals surface area contributed by atoms with Crippen LogP contribution in [0.1, 0.15) is 18.7 Å². The fourth-order valence-corrected chi connectivity index (χ4v) is 4.14. The number of furan rings is 1. The van der Waals surface area contributed by atoms with E-state index < -0.39 is 7.60 Å². The van der Waals surface area contributed by atoms with Gasteiger partial charge in [0.2, 0.25) is 5.50 Å².